The predicted molar refractivity (Wildman–Crippen MR) is 110 cm³/mol. The highest BCUT2D eigenvalue weighted by molar-refractivity contribution is 5.63. The third-order valence-electron chi connectivity index (χ3n) is 0.642. The molecule has 16 nitrogen and oxygen atoms in total. The fourth-order valence-electron chi connectivity index (χ4n) is 0.329. The molecule has 0 aromatic rings. The van der Waals surface area contributed by atoms with Gasteiger partial charge in [-0.1, -0.05) is 0 Å². The molecule has 0 bridgehead atoms. The van der Waals surface area contributed by atoms with Gasteiger partial charge in [0.2, 0.25) is 0 Å². The zero-order valence-electron chi connectivity index (χ0n) is 18.0. The van der Waals surface area contributed by atoms with Gasteiger partial charge in [0.25, 0.3) is 29.8 Å². The van der Waals surface area contributed by atoms with E-state index in [-0.39, 0.29) is 17.1 Å². The first-order chi connectivity index (χ1) is 12.1. The summed E-state index contributed by atoms with van der Waals surface area (Å²) in [5.74, 6) is -4.17. The van der Waals surface area contributed by atoms with Crippen LogP contribution in [0.1, 0.15) is 34.6 Å². The predicted octanol–water partition coefficient (Wildman–Crippen LogP) is -2.54. The Hall–Kier alpha value is -2.89. The second-order valence-electron chi connectivity index (χ2n) is 3.92. The van der Waals surface area contributed by atoms with Crippen LogP contribution in [0, 0.1) is 0 Å². The van der Waals surface area contributed by atoms with Crippen LogP contribution < -0.4 is 22.9 Å². The van der Waals surface area contributed by atoms with Crippen molar-refractivity contribution in [2.75, 3.05) is 26.2 Å². The normalized spacial score (nSPS) is 6.37. The number of aliphatic carboxylic acids is 5. The monoisotopic (exact) mass is 456 g/mol. The number of nitrogens with one attached hydrogen (secondary N) is 1. The van der Waals surface area contributed by atoms with Crippen molar-refractivity contribution < 1.29 is 60.5 Å². The van der Waals surface area contributed by atoms with Gasteiger partial charge in [-0.05, 0) is 0 Å². The van der Waals surface area contributed by atoms with Crippen molar-refractivity contribution in [2.24, 2.45) is 11.5 Å². The maximum atomic E-state index is 9.00. The second kappa shape index (κ2) is 56.2. The molecule has 0 aromatic carbocycles. The third kappa shape index (κ3) is 11800. The molecule has 188 valence electrons. The van der Waals surface area contributed by atoms with Crippen molar-refractivity contribution >= 4 is 29.8 Å². The molecule has 0 fully saturated rings. The molecule has 30 heavy (non-hydrogen) atoms. The molecule has 17 N–H and O–H groups in total. The molecule has 0 amide bonds. The van der Waals surface area contributed by atoms with E-state index < -0.39 is 29.8 Å². The quantitative estimate of drug-likeness (QED) is 0.197. The lowest BCUT2D eigenvalue weighted by molar-refractivity contribution is -0.135. The summed E-state index contributed by atoms with van der Waals surface area (Å²) in [6, 6.07) is 0. The number of rotatable bonds is 4. The number of nitrogens with two attached hydrogens (primary N) is 2. The molecule has 0 saturated carbocycles. The lowest BCUT2D eigenvalue weighted by atomic mass is 10.6. The van der Waals surface area contributed by atoms with Crippen molar-refractivity contribution in [3.8, 4) is 0 Å². The van der Waals surface area contributed by atoms with E-state index in [1.165, 1.54) is 0 Å². The van der Waals surface area contributed by atoms with Crippen LogP contribution in [-0.4, -0.2) is 92.5 Å². The minimum atomic E-state index is -0.833. The first-order valence-corrected chi connectivity index (χ1v) is 7.16. The molecule has 0 rings (SSSR count). The zero-order valence-corrected chi connectivity index (χ0v) is 18.0. The lowest BCUT2D eigenvalue weighted by Crippen LogP contribution is -2.27. The van der Waals surface area contributed by atoms with E-state index in [1.54, 1.807) is 0 Å². The number of carboxylic acid groups (broad SMARTS) is 5. The summed E-state index contributed by atoms with van der Waals surface area (Å²) in [5, 5.41) is 40.1. The minimum absolute atomic E-state index is 0. The average molecular weight is 456 g/mol. The van der Waals surface area contributed by atoms with E-state index >= 15 is 0 Å². The Bertz CT molecular complexity index is 288. The Morgan fingerprint density at radius 2 is 0.667 bits per heavy atom. The summed E-state index contributed by atoms with van der Waals surface area (Å²) in [5.41, 5.74) is 10.3. The minimum Gasteiger partial charge on any atom is -0.481 e. The molecule has 0 aliphatic rings. The van der Waals surface area contributed by atoms with Crippen LogP contribution in [0.15, 0.2) is 0 Å². The van der Waals surface area contributed by atoms with Crippen LogP contribution >= 0.6 is 0 Å². The van der Waals surface area contributed by atoms with E-state index in [0.717, 1.165) is 47.7 Å². The molecule has 0 aliphatic carbocycles. The molecule has 0 spiro atoms. The Labute approximate surface area is 175 Å². The van der Waals surface area contributed by atoms with Gasteiger partial charge >= 0.3 is 0 Å². The molecule has 0 atom stereocenters. The third-order valence-corrected chi connectivity index (χ3v) is 0.642. The summed E-state index contributed by atoms with van der Waals surface area (Å²) in [6.45, 7) is 8.55. The fourth-order valence-corrected chi connectivity index (χ4v) is 0.329. The molecular formula is C14H40N4O12. The van der Waals surface area contributed by atoms with Crippen molar-refractivity contribution in [1.82, 2.24) is 11.5 Å². The van der Waals surface area contributed by atoms with Gasteiger partial charge in [0, 0.05) is 60.8 Å². The van der Waals surface area contributed by atoms with E-state index in [4.69, 9.17) is 61.0 Å². The molecule has 0 heterocycles. The van der Waals surface area contributed by atoms with Gasteiger partial charge in [-0.3, -0.25) is 24.0 Å². The van der Waals surface area contributed by atoms with Crippen molar-refractivity contribution in [3.63, 3.8) is 0 Å². The van der Waals surface area contributed by atoms with E-state index in [1.807, 2.05) is 0 Å². The first-order valence-electron chi connectivity index (χ1n) is 7.16. The number of carboxylic acids is 5. The largest absolute Gasteiger partial charge is 0.481 e. The Morgan fingerprint density at radius 1 is 0.567 bits per heavy atom. The summed E-state index contributed by atoms with van der Waals surface area (Å²) in [7, 11) is 0. The van der Waals surface area contributed by atoms with E-state index in [0.29, 0.717) is 13.1 Å². The topological polar surface area (TPSA) is 349 Å². The van der Waals surface area contributed by atoms with Gasteiger partial charge in [0.15, 0.2) is 0 Å². The highest BCUT2D eigenvalue weighted by Gasteiger charge is 1.76. The summed E-state index contributed by atoms with van der Waals surface area (Å²) in [6.07, 6.45) is 0. The van der Waals surface area contributed by atoms with Crippen molar-refractivity contribution in [1.29, 1.82) is 0 Å². The van der Waals surface area contributed by atoms with E-state index in [2.05, 4.69) is 5.32 Å². The molecule has 0 saturated heterocycles. The highest BCUT2D eigenvalue weighted by Crippen LogP contribution is 1.49. The van der Waals surface area contributed by atoms with Crippen LogP contribution in [0.3, 0.4) is 0 Å². The molecule has 0 aliphatic heterocycles. The smallest absolute Gasteiger partial charge is 0.300 e. The van der Waals surface area contributed by atoms with Gasteiger partial charge in [-0.2, -0.15) is 0 Å². The van der Waals surface area contributed by atoms with Gasteiger partial charge in [-0.25, -0.2) is 0 Å². The maximum absolute atomic E-state index is 9.00. The van der Waals surface area contributed by atoms with Gasteiger partial charge < -0.3 is 59.4 Å². The SMILES string of the molecule is CC(=O)O.CC(=O)O.CC(=O)O.CC(=O)O.CC(=O)O.N.NCCNCCN.O.O. The van der Waals surface area contributed by atoms with Crippen molar-refractivity contribution in [2.45, 2.75) is 34.6 Å². The second-order valence-corrected chi connectivity index (χ2v) is 3.92. The summed E-state index contributed by atoms with van der Waals surface area (Å²) >= 11 is 0. The molecule has 0 aromatic heterocycles. The molecule has 16 heteroatoms. The van der Waals surface area contributed by atoms with Crippen LogP contribution in [0.25, 0.3) is 0 Å². The fraction of sp³-hybridized carbons (Fsp3) is 0.643. The van der Waals surface area contributed by atoms with Crippen LogP contribution in [0.5, 0.6) is 0 Å². The first kappa shape index (κ1) is 56.4. The van der Waals surface area contributed by atoms with Gasteiger partial charge in [0.1, 0.15) is 0 Å². The average Bonchev–Trinajstić information content (AvgIpc) is 2.35. The number of hydrogen-bond donors (Lipinski definition) is 9. The Morgan fingerprint density at radius 3 is 0.733 bits per heavy atom. The Kier molecular flexibility index (Phi) is 106. The summed E-state index contributed by atoms with van der Waals surface area (Å²) in [4.78, 5) is 45.0. The highest BCUT2D eigenvalue weighted by atomic mass is 16.4. The van der Waals surface area contributed by atoms with Crippen LogP contribution in [-0.2, 0) is 24.0 Å². The van der Waals surface area contributed by atoms with Crippen molar-refractivity contribution in [3.05, 3.63) is 0 Å². The molecule has 0 radical (unpaired) electrons. The summed E-state index contributed by atoms with van der Waals surface area (Å²) < 4.78 is 0. The van der Waals surface area contributed by atoms with Gasteiger partial charge in [-0.15, -0.1) is 0 Å². The maximum Gasteiger partial charge on any atom is 0.300 e. The van der Waals surface area contributed by atoms with Crippen LogP contribution in [0.4, 0.5) is 0 Å². The molecular weight excluding hydrogens is 416 g/mol. The van der Waals surface area contributed by atoms with Crippen LogP contribution in [0.2, 0.25) is 0 Å². The number of carbonyl (C=O) groups is 5. The lowest BCUT2D eigenvalue weighted by Gasteiger charge is -1.95. The molecule has 0 unspecified atom stereocenters. The number of hydrogen-bond acceptors (Lipinski definition) is 9. The Balaban J connectivity index is -0.0000000251. The standard InChI is InChI=1S/C4H13N3.5C2H4O2.H3N.2H2O/c5-1-3-7-4-2-6;5*1-2(3)4;;;/h7H,1-6H2;5*1H3,(H,3,4);1H3;2*1H2. The van der Waals surface area contributed by atoms with Gasteiger partial charge in [0.05, 0.1) is 0 Å². The van der Waals surface area contributed by atoms with E-state index in [9.17, 15) is 0 Å². The zero-order chi connectivity index (χ0) is 23.4.